The van der Waals surface area contributed by atoms with Crippen molar-refractivity contribution < 1.29 is 12.8 Å². The highest BCUT2D eigenvalue weighted by molar-refractivity contribution is 7.92. The average molecular weight is 329 g/mol. The fraction of sp³-hybridized carbons (Fsp3) is 0.286. The van der Waals surface area contributed by atoms with Gasteiger partial charge in [0.1, 0.15) is 5.76 Å². The molecule has 0 aliphatic carbocycles. The summed E-state index contributed by atoms with van der Waals surface area (Å²) >= 11 is 5.89. The molecule has 7 heteroatoms. The summed E-state index contributed by atoms with van der Waals surface area (Å²) in [6, 6.07) is 8.10. The van der Waals surface area contributed by atoms with Crippen LogP contribution in [-0.4, -0.2) is 15.0 Å². The average Bonchev–Trinajstić information content (AvgIpc) is 2.90. The van der Waals surface area contributed by atoms with Crippen LogP contribution in [0.5, 0.6) is 0 Å². The third-order valence-electron chi connectivity index (χ3n) is 2.90. The van der Waals surface area contributed by atoms with E-state index in [1.807, 2.05) is 6.92 Å². The van der Waals surface area contributed by atoms with E-state index < -0.39 is 10.0 Å². The zero-order valence-corrected chi connectivity index (χ0v) is 13.4. The molecule has 2 aromatic rings. The predicted molar refractivity (Wildman–Crippen MR) is 83.1 cm³/mol. The van der Waals surface area contributed by atoms with E-state index in [4.69, 9.17) is 16.0 Å². The zero-order chi connectivity index (χ0) is 15.5. The molecule has 0 fully saturated rings. The molecular formula is C14H17ClN2O3S. The number of benzene rings is 1. The van der Waals surface area contributed by atoms with Crippen LogP contribution in [0.3, 0.4) is 0 Å². The maximum Gasteiger partial charge on any atom is 0.295 e. The lowest BCUT2D eigenvalue weighted by atomic mass is 10.2. The number of anilines is 1. The van der Waals surface area contributed by atoms with Gasteiger partial charge in [-0.15, -0.1) is 0 Å². The molecule has 0 aliphatic rings. The highest BCUT2D eigenvalue weighted by atomic mass is 35.5. The molecule has 0 aliphatic heterocycles. The minimum atomic E-state index is -3.76. The Bertz CT molecular complexity index is 726. The predicted octanol–water partition coefficient (Wildman–Crippen LogP) is 3.15. The van der Waals surface area contributed by atoms with Crippen LogP contribution in [0.2, 0.25) is 5.02 Å². The molecule has 0 bridgehead atoms. The van der Waals surface area contributed by atoms with Crippen LogP contribution in [0.1, 0.15) is 18.2 Å². The van der Waals surface area contributed by atoms with Crippen LogP contribution in [0.4, 0.5) is 5.69 Å². The summed E-state index contributed by atoms with van der Waals surface area (Å²) in [5, 5.41) is 3.42. The van der Waals surface area contributed by atoms with Crippen molar-refractivity contribution in [3.63, 3.8) is 0 Å². The Morgan fingerprint density at radius 3 is 2.71 bits per heavy atom. The van der Waals surface area contributed by atoms with Crippen LogP contribution < -0.4 is 10.0 Å². The van der Waals surface area contributed by atoms with Crippen molar-refractivity contribution in [3.8, 4) is 0 Å². The largest absolute Gasteiger partial charge is 0.446 e. The lowest BCUT2D eigenvalue weighted by Crippen LogP contribution is -2.13. The summed E-state index contributed by atoms with van der Waals surface area (Å²) in [7, 11) is -3.76. The van der Waals surface area contributed by atoms with E-state index in [9.17, 15) is 8.42 Å². The van der Waals surface area contributed by atoms with Gasteiger partial charge in [-0.25, -0.2) is 0 Å². The van der Waals surface area contributed by atoms with Gasteiger partial charge in [0.05, 0.1) is 12.2 Å². The number of furan rings is 1. The van der Waals surface area contributed by atoms with E-state index in [-0.39, 0.29) is 5.09 Å². The van der Waals surface area contributed by atoms with Crippen molar-refractivity contribution in [1.29, 1.82) is 0 Å². The summed E-state index contributed by atoms with van der Waals surface area (Å²) in [6.07, 6.45) is 0. The minimum Gasteiger partial charge on any atom is -0.446 e. The molecule has 21 heavy (non-hydrogen) atoms. The Morgan fingerprint density at radius 2 is 2.00 bits per heavy atom. The Morgan fingerprint density at radius 1 is 1.24 bits per heavy atom. The van der Waals surface area contributed by atoms with Crippen molar-refractivity contribution >= 4 is 27.3 Å². The maximum absolute atomic E-state index is 12.3. The molecule has 0 spiro atoms. The van der Waals surface area contributed by atoms with Gasteiger partial charge in [-0.05, 0) is 43.3 Å². The summed E-state index contributed by atoms with van der Waals surface area (Å²) in [5.74, 6) is 0.569. The quantitative estimate of drug-likeness (QED) is 0.854. The van der Waals surface area contributed by atoms with Gasteiger partial charge in [0.15, 0.2) is 0 Å². The number of aryl methyl sites for hydroxylation is 1. The molecule has 0 amide bonds. The smallest absolute Gasteiger partial charge is 0.295 e. The molecule has 1 aromatic carbocycles. The van der Waals surface area contributed by atoms with Gasteiger partial charge in [0.2, 0.25) is 5.09 Å². The second-order valence-corrected chi connectivity index (χ2v) is 6.62. The highest BCUT2D eigenvalue weighted by Crippen LogP contribution is 2.24. The number of hydrogen-bond acceptors (Lipinski definition) is 4. The van der Waals surface area contributed by atoms with Crippen molar-refractivity contribution in [2.75, 3.05) is 11.3 Å². The molecular weight excluding hydrogens is 312 g/mol. The van der Waals surface area contributed by atoms with Crippen LogP contribution in [0.25, 0.3) is 0 Å². The second kappa shape index (κ2) is 6.51. The van der Waals surface area contributed by atoms with Gasteiger partial charge in [-0.2, -0.15) is 8.42 Å². The van der Waals surface area contributed by atoms with Gasteiger partial charge < -0.3 is 9.73 Å². The van der Waals surface area contributed by atoms with Crippen molar-refractivity contribution in [3.05, 3.63) is 46.7 Å². The van der Waals surface area contributed by atoms with E-state index in [0.717, 1.165) is 12.1 Å². The number of sulfonamides is 1. The van der Waals surface area contributed by atoms with Crippen LogP contribution >= 0.6 is 11.6 Å². The standard InChI is InChI=1S/C14H17ClN2O3S/c1-3-16-9-12-6-7-14(20-12)21(18,19)17-13-8-11(15)5-4-10(13)2/h4-8,16-17H,3,9H2,1-2H3. The number of nitrogens with one attached hydrogen (secondary N) is 2. The van der Waals surface area contributed by atoms with E-state index in [1.54, 1.807) is 31.2 Å². The summed E-state index contributed by atoms with van der Waals surface area (Å²) in [6.45, 7) is 5.03. The third-order valence-corrected chi connectivity index (χ3v) is 4.37. The molecule has 0 unspecified atom stereocenters. The third kappa shape index (κ3) is 4.00. The van der Waals surface area contributed by atoms with Crippen molar-refractivity contribution in [2.24, 2.45) is 0 Å². The Kier molecular flexibility index (Phi) is 4.92. The first-order valence-electron chi connectivity index (χ1n) is 6.51. The Balaban J connectivity index is 2.22. The first kappa shape index (κ1) is 15.9. The van der Waals surface area contributed by atoms with E-state index in [2.05, 4.69) is 10.0 Å². The van der Waals surface area contributed by atoms with Gasteiger partial charge >= 0.3 is 0 Å². The Labute approximate surface area is 129 Å². The molecule has 114 valence electrons. The topological polar surface area (TPSA) is 71.3 Å². The molecule has 2 N–H and O–H groups in total. The first-order chi connectivity index (χ1) is 9.92. The SMILES string of the molecule is CCNCc1ccc(S(=O)(=O)Nc2cc(Cl)ccc2C)o1. The summed E-state index contributed by atoms with van der Waals surface area (Å²) < 4.78 is 32.4. The minimum absolute atomic E-state index is 0.116. The number of hydrogen-bond donors (Lipinski definition) is 2. The molecule has 0 saturated heterocycles. The lowest BCUT2D eigenvalue weighted by Gasteiger charge is -2.09. The fourth-order valence-corrected chi connectivity index (χ4v) is 2.99. The van der Waals surface area contributed by atoms with E-state index in [0.29, 0.717) is 23.0 Å². The van der Waals surface area contributed by atoms with Gasteiger partial charge in [-0.1, -0.05) is 24.6 Å². The molecule has 5 nitrogen and oxygen atoms in total. The zero-order valence-electron chi connectivity index (χ0n) is 11.8. The lowest BCUT2D eigenvalue weighted by molar-refractivity contribution is 0.405. The van der Waals surface area contributed by atoms with Crippen LogP contribution in [0.15, 0.2) is 39.8 Å². The number of rotatable bonds is 6. The molecule has 1 heterocycles. The van der Waals surface area contributed by atoms with E-state index >= 15 is 0 Å². The van der Waals surface area contributed by atoms with Gasteiger partial charge in [0.25, 0.3) is 10.0 Å². The molecule has 0 saturated carbocycles. The maximum atomic E-state index is 12.3. The Hall–Kier alpha value is -1.50. The summed E-state index contributed by atoms with van der Waals surface area (Å²) in [4.78, 5) is 0. The monoisotopic (exact) mass is 328 g/mol. The van der Waals surface area contributed by atoms with E-state index in [1.165, 1.54) is 6.07 Å². The molecule has 0 atom stereocenters. The second-order valence-electron chi connectivity index (χ2n) is 4.57. The summed E-state index contributed by atoms with van der Waals surface area (Å²) in [5.41, 5.74) is 1.22. The highest BCUT2D eigenvalue weighted by Gasteiger charge is 2.19. The molecule has 1 aromatic heterocycles. The normalized spacial score (nSPS) is 11.6. The van der Waals surface area contributed by atoms with Crippen molar-refractivity contribution in [1.82, 2.24) is 5.32 Å². The first-order valence-corrected chi connectivity index (χ1v) is 8.37. The molecule has 0 radical (unpaired) electrons. The van der Waals surface area contributed by atoms with Crippen LogP contribution in [0, 0.1) is 6.92 Å². The van der Waals surface area contributed by atoms with Crippen molar-refractivity contribution in [2.45, 2.75) is 25.5 Å². The fourth-order valence-electron chi connectivity index (χ4n) is 1.75. The molecule has 2 rings (SSSR count). The van der Waals surface area contributed by atoms with Gasteiger partial charge in [-0.3, -0.25) is 4.72 Å². The number of halogens is 1. The van der Waals surface area contributed by atoms with Crippen LogP contribution in [-0.2, 0) is 16.6 Å². The van der Waals surface area contributed by atoms with Gasteiger partial charge in [0, 0.05) is 5.02 Å².